The van der Waals surface area contributed by atoms with Gasteiger partial charge >= 0.3 is 0 Å². The van der Waals surface area contributed by atoms with Crippen molar-refractivity contribution < 1.29 is 9.59 Å². The maximum absolute atomic E-state index is 12.9. The molecule has 0 aromatic rings. The number of nitrogens with zero attached hydrogens (tertiary/aromatic N) is 2. The largest absolute Gasteiger partial charge is 0.341 e. The number of piperazine rings is 1. The molecule has 2 aliphatic heterocycles. The van der Waals surface area contributed by atoms with Gasteiger partial charge in [0.1, 0.15) is 0 Å². The molecule has 1 saturated carbocycles. The summed E-state index contributed by atoms with van der Waals surface area (Å²) in [5, 5.41) is 3.12. The van der Waals surface area contributed by atoms with Crippen LogP contribution in [0, 0.1) is 5.41 Å². The van der Waals surface area contributed by atoms with Crippen LogP contribution >= 0.6 is 0 Å². The molecule has 0 radical (unpaired) electrons. The first-order chi connectivity index (χ1) is 11.6. The fourth-order valence-electron chi connectivity index (χ4n) is 4.63. The lowest BCUT2D eigenvalue weighted by Gasteiger charge is -2.43. The van der Waals surface area contributed by atoms with Crippen molar-refractivity contribution in [1.82, 2.24) is 15.1 Å². The van der Waals surface area contributed by atoms with E-state index in [1.807, 2.05) is 9.80 Å². The van der Waals surface area contributed by atoms with Gasteiger partial charge in [0, 0.05) is 38.6 Å². The highest BCUT2D eigenvalue weighted by Gasteiger charge is 2.37. The standard InChI is InChI=1S/C18H32N4O2/c19-14-18(6-2-1-3-7-18)11-16(23)21-9-4-5-15(13-21)22-10-8-20-12-17(22)24/h15,20H,1-14,19H2. The second-order valence-corrected chi connectivity index (χ2v) is 7.84. The van der Waals surface area contributed by atoms with Crippen LogP contribution in [0.5, 0.6) is 0 Å². The molecule has 0 bridgehead atoms. The summed E-state index contributed by atoms with van der Waals surface area (Å²) in [5.74, 6) is 0.417. The summed E-state index contributed by atoms with van der Waals surface area (Å²) >= 11 is 0. The van der Waals surface area contributed by atoms with Gasteiger partial charge in [-0.15, -0.1) is 0 Å². The first-order valence-electron chi connectivity index (χ1n) is 9.62. The lowest BCUT2D eigenvalue weighted by molar-refractivity contribution is -0.142. The van der Waals surface area contributed by atoms with Gasteiger partial charge in [-0.3, -0.25) is 9.59 Å². The molecular formula is C18H32N4O2. The van der Waals surface area contributed by atoms with Crippen molar-refractivity contribution >= 4 is 11.8 Å². The first-order valence-corrected chi connectivity index (χ1v) is 9.62. The number of nitrogens with one attached hydrogen (secondary N) is 1. The van der Waals surface area contributed by atoms with Gasteiger partial charge < -0.3 is 20.9 Å². The Morgan fingerprint density at radius 3 is 2.71 bits per heavy atom. The maximum atomic E-state index is 12.9. The van der Waals surface area contributed by atoms with Crippen molar-refractivity contribution in [2.75, 3.05) is 39.3 Å². The van der Waals surface area contributed by atoms with Gasteiger partial charge in [0.15, 0.2) is 0 Å². The molecule has 136 valence electrons. The second-order valence-electron chi connectivity index (χ2n) is 7.84. The minimum absolute atomic E-state index is 0.0210. The maximum Gasteiger partial charge on any atom is 0.236 e. The molecule has 2 amide bonds. The van der Waals surface area contributed by atoms with E-state index in [0.29, 0.717) is 26.1 Å². The first kappa shape index (κ1) is 17.7. The Balaban J connectivity index is 1.59. The van der Waals surface area contributed by atoms with Crippen LogP contribution < -0.4 is 11.1 Å². The highest BCUT2D eigenvalue weighted by Crippen LogP contribution is 2.39. The van der Waals surface area contributed by atoms with Gasteiger partial charge in [0.05, 0.1) is 6.54 Å². The molecule has 3 rings (SSSR count). The summed E-state index contributed by atoms with van der Waals surface area (Å²) in [4.78, 5) is 29.0. The Morgan fingerprint density at radius 2 is 2.00 bits per heavy atom. The van der Waals surface area contributed by atoms with E-state index in [2.05, 4.69) is 5.32 Å². The van der Waals surface area contributed by atoms with Crippen molar-refractivity contribution in [3.05, 3.63) is 0 Å². The van der Waals surface area contributed by atoms with E-state index in [4.69, 9.17) is 5.73 Å². The summed E-state index contributed by atoms with van der Waals surface area (Å²) in [6, 6.07) is 0.192. The zero-order valence-electron chi connectivity index (χ0n) is 14.8. The van der Waals surface area contributed by atoms with Gasteiger partial charge in [-0.2, -0.15) is 0 Å². The Kier molecular flexibility index (Phi) is 5.76. The fraction of sp³-hybridized carbons (Fsp3) is 0.889. The summed E-state index contributed by atoms with van der Waals surface area (Å²) in [6.07, 6.45) is 8.43. The number of piperidine rings is 1. The number of likely N-dealkylation sites (tertiary alicyclic amines) is 1. The molecule has 6 heteroatoms. The van der Waals surface area contributed by atoms with Gasteiger partial charge in [-0.25, -0.2) is 0 Å². The molecule has 3 N–H and O–H groups in total. The molecule has 1 atom stereocenters. The van der Waals surface area contributed by atoms with Crippen molar-refractivity contribution in [3.63, 3.8) is 0 Å². The lowest BCUT2D eigenvalue weighted by atomic mass is 9.71. The molecule has 0 aromatic heterocycles. The van der Waals surface area contributed by atoms with Crippen LogP contribution in [0.25, 0.3) is 0 Å². The molecule has 0 aromatic carbocycles. The number of hydrogen-bond acceptors (Lipinski definition) is 4. The van der Waals surface area contributed by atoms with Crippen LogP contribution in [0.1, 0.15) is 51.4 Å². The minimum atomic E-state index is 0.0210. The second kappa shape index (κ2) is 7.83. The average Bonchev–Trinajstić information content (AvgIpc) is 2.63. The fourth-order valence-corrected chi connectivity index (χ4v) is 4.63. The van der Waals surface area contributed by atoms with E-state index in [-0.39, 0.29) is 23.3 Å². The molecule has 2 heterocycles. The third-order valence-electron chi connectivity index (χ3n) is 6.19. The van der Waals surface area contributed by atoms with Crippen LogP contribution in [0.15, 0.2) is 0 Å². The van der Waals surface area contributed by atoms with E-state index < -0.39 is 0 Å². The quantitative estimate of drug-likeness (QED) is 0.792. The Hall–Kier alpha value is -1.14. The zero-order chi connectivity index (χ0) is 17.0. The van der Waals surface area contributed by atoms with E-state index in [0.717, 1.165) is 45.3 Å². The Labute approximate surface area is 145 Å². The highest BCUT2D eigenvalue weighted by molar-refractivity contribution is 5.80. The topological polar surface area (TPSA) is 78.7 Å². The summed E-state index contributed by atoms with van der Waals surface area (Å²) in [7, 11) is 0. The van der Waals surface area contributed by atoms with E-state index in [1.165, 1.54) is 19.3 Å². The van der Waals surface area contributed by atoms with Gasteiger partial charge in [0.25, 0.3) is 0 Å². The van der Waals surface area contributed by atoms with Gasteiger partial charge in [0.2, 0.25) is 11.8 Å². The molecular weight excluding hydrogens is 304 g/mol. The number of rotatable bonds is 4. The van der Waals surface area contributed by atoms with Gasteiger partial charge in [-0.1, -0.05) is 19.3 Å². The average molecular weight is 336 g/mol. The van der Waals surface area contributed by atoms with Crippen LogP contribution in [0.3, 0.4) is 0 Å². The van der Waals surface area contributed by atoms with Crippen LogP contribution in [0.2, 0.25) is 0 Å². The molecule has 1 unspecified atom stereocenters. The van der Waals surface area contributed by atoms with Crippen molar-refractivity contribution in [2.24, 2.45) is 11.1 Å². The summed E-state index contributed by atoms with van der Waals surface area (Å²) in [6.45, 7) is 4.19. The molecule has 3 aliphatic rings. The van der Waals surface area contributed by atoms with Crippen LogP contribution in [-0.4, -0.2) is 66.9 Å². The van der Waals surface area contributed by atoms with Crippen LogP contribution in [0.4, 0.5) is 0 Å². The molecule has 1 aliphatic carbocycles. The van der Waals surface area contributed by atoms with Crippen LogP contribution in [-0.2, 0) is 9.59 Å². The third kappa shape index (κ3) is 3.91. The molecule has 2 saturated heterocycles. The van der Waals surface area contributed by atoms with Crippen molar-refractivity contribution in [3.8, 4) is 0 Å². The van der Waals surface area contributed by atoms with E-state index in [9.17, 15) is 9.59 Å². The zero-order valence-corrected chi connectivity index (χ0v) is 14.8. The summed E-state index contributed by atoms with van der Waals surface area (Å²) < 4.78 is 0. The number of nitrogens with two attached hydrogens (primary N) is 1. The highest BCUT2D eigenvalue weighted by atomic mass is 16.2. The molecule has 6 nitrogen and oxygen atoms in total. The SMILES string of the molecule is NCC1(CC(=O)N2CCCC(N3CCNCC3=O)C2)CCCCC1. The number of hydrogen-bond donors (Lipinski definition) is 2. The monoisotopic (exact) mass is 336 g/mol. The number of amides is 2. The molecule has 0 spiro atoms. The Bertz CT molecular complexity index is 462. The van der Waals surface area contributed by atoms with E-state index >= 15 is 0 Å². The third-order valence-corrected chi connectivity index (χ3v) is 6.19. The predicted molar refractivity (Wildman–Crippen MR) is 93.4 cm³/mol. The smallest absolute Gasteiger partial charge is 0.236 e. The Morgan fingerprint density at radius 1 is 1.21 bits per heavy atom. The van der Waals surface area contributed by atoms with E-state index in [1.54, 1.807) is 0 Å². The normalized spacial score (nSPS) is 28.0. The summed E-state index contributed by atoms with van der Waals surface area (Å²) in [5.41, 5.74) is 6.07. The number of carbonyl (C=O) groups excluding carboxylic acids is 2. The predicted octanol–water partition coefficient (Wildman–Crippen LogP) is 0.709. The number of carbonyl (C=O) groups is 2. The van der Waals surface area contributed by atoms with Crippen molar-refractivity contribution in [2.45, 2.75) is 57.4 Å². The lowest BCUT2D eigenvalue weighted by Crippen LogP contribution is -2.57. The van der Waals surface area contributed by atoms with Crippen molar-refractivity contribution in [1.29, 1.82) is 0 Å². The molecule has 3 fully saturated rings. The van der Waals surface area contributed by atoms with Gasteiger partial charge in [-0.05, 0) is 37.6 Å². The minimum Gasteiger partial charge on any atom is -0.341 e. The molecule has 24 heavy (non-hydrogen) atoms.